The summed E-state index contributed by atoms with van der Waals surface area (Å²) in [4.78, 5) is 0. The summed E-state index contributed by atoms with van der Waals surface area (Å²) in [5.74, 6) is 0.665. The van der Waals surface area contributed by atoms with Crippen molar-refractivity contribution in [3.8, 4) is 0 Å². The van der Waals surface area contributed by atoms with Gasteiger partial charge in [-0.3, -0.25) is 0 Å². The number of rotatable bonds is 4. The molecule has 0 rings (SSSR count). The van der Waals surface area contributed by atoms with E-state index in [1.807, 2.05) is 0 Å². The van der Waals surface area contributed by atoms with Crippen LogP contribution in [0.15, 0.2) is 23.3 Å². The van der Waals surface area contributed by atoms with Crippen molar-refractivity contribution in [2.45, 2.75) is 34.1 Å². The molecule has 0 saturated carbocycles. The lowest BCUT2D eigenvalue weighted by molar-refractivity contribution is 0.744. The molecule has 0 amide bonds. The van der Waals surface area contributed by atoms with Crippen LogP contribution in [0.4, 0.5) is 0 Å². The Kier molecular flexibility index (Phi) is 6.45. The van der Waals surface area contributed by atoms with Crippen molar-refractivity contribution in [2.24, 2.45) is 5.92 Å². The molecule has 0 aromatic heterocycles. The molecule has 0 atom stereocenters. The van der Waals surface area contributed by atoms with Gasteiger partial charge in [0.25, 0.3) is 0 Å². The van der Waals surface area contributed by atoms with Crippen LogP contribution in [0.5, 0.6) is 0 Å². The molecule has 0 aliphatic carbocycles. The van der Waals surface area contributed by atoms with Crippen molar-refractivity contribution in [3.63, 3.8) is 0 Å². The van der Waals surface area contributed by atoms with E-state index in [0.29, 0.717) is 5.92 Å². The second kappa shape index (κ2) is 6.47. The first-order valence-corrected chi connectivity index (χ1v) is 5.58. The van der Waals surface area contributed by atoms with Gasteiger partial charge < -0.3 is 0 Å². The van der Waals surface area contributed by atoms with Crippen LogP contribution in [0, 0.1) is 5.92 Å². The number of hydrogen-bond donors (Lipinski definition) is 0. The van der Waals surface area contributed by atoms with E-state index < -0.39 is 0 Å². The summed E-state index contributed by atoms with van der Waals surface area (Å²) >= 11 is 3.43. The van der Waals surface area contributed by atoms with Gasteiger partial charge in [-0.25, -0.2) is 0 Å². The van der Waals surface area contributed by atoms with E-state index in [4.69, 9.17) is 0 Å². The van der Waals surface area contributed by atoms with Gasteiger partial charge in [-0.15, -0.1) is 0 Å². The molecule has 0 fully saturated rings. The minimum atomic E-state index is 0.665. The van der Waals surface area contributed by atoms with E-state index in [1.54, 1.807) is 0 Å². The molecule has 0 bridgehead atoms. The first kappa shape index (κ1) is 12.0. The van der Waals surface area contributed by atoms with Crippen LogP contribution in [-0.4, -0.2) is 5.33 Å². The zero-order valence-electron chi connectivity index (χ0n) is 8.52. The van der Waals surface area contributed by atoms with Crippen molar-refractivity contribution in [3.05, 3.63) is 23.3 Å². The Morgan fingerprint density at radius 2 is 1.83 bits per heavy atom. The Morgan fingerprint density at radius 3 is 2.17 bits per heavy atom. The van der Waals surface area contributed by atoms with Crippen LogP contribution in [0.3, 0.4) is 0 Å². The standard InChI is InChI=1S/C11H19Br/c1-9(2)5-6-11(7-8-12)10(3)4/h5,7,10H,6,8H2,1-4H3/b11-7+. The third kappa shape index (κ3) is 5.59. The Morgan fingerprint density at radius 1 is 1.25 bits per heavy atom. The Bertz CT molecular complexity index is 171. The molecule has 1 heteroatoms. The van der Waals surface area contributed by atoms with Gasteiger partial charge in [0, 0.05) is 5.33 Å². The SMILES string of the molecule is CC(C)=CC/C(=C\CBr)C(C)C. The maximum atomic E-state index is 3.43. The van der Waals surface area contributed by atoms with Crippen LogP contribution in [-0.2, 0) is 0 Å². The van der Waals surface area contributed by atoms with Crippen molar-refractivity contribution in [2.75, 3.05) is 5.33 Å². The molecule has 0 nitrogen and oxygen atoms in total. The first-order valence-electron chi connectivity index (χ1n) is 4.46. The first-order chi connectivity index (χ1) is 5.57. The third-order valence-corrected chi connectivity index (χ3v) is 2.15. The maximum Gasteiger partial charge on any atom is 0.0214 e. The monoisotopic (exact) mass is 230 g/mol. The zero-order chi connectivity index (χ0) is 9.56. The van der Waals surface area contributed by atoms with Crippen molar-refractivity contribution in [1.82, 2.24) is 0 Å². The van der Waals surface area contributed by atoms with Gasteiger partial charge in [-0.1, -0.05) is 53.1 Å². The van der Waals surface area contributed by atoms with Crippen LogP contribution in [0.2, 0.25) is 0 Å². The highest BCUT2D eigenvalue weighted by Crippen LogP contribution is 2.15. The molecule has 0 aliphatic heterocycles. The molecule has 0 N–H and O–H groups in total. The number of alkyl halides is 1. The Balaban J connectivity index is 4.16. The van der Waals surface area contributed by atoms with Crippen LogP contribution < -0.4 is 0 Å². The van der Waals surface area contributed by atoms with Crippen LogP contribution in [0.1, 0.15) is 34.1 Å². The molecular weight excluding hydrogens is 212 g/mol. The summed E-state index contributed by atoms with van der Waals surface area (Å²) < 4.78 is 0. The van der Waals surface area contributed by atoms with Gasteiger partial charge in [-0.2, -0.15) is 0 Å². The predicted octanol–water partition coefficient (Wildman–Crippen LogP) is 4.32. The molecular formula is C11H19Br. The van der Waals surface area contributed by atoms with Crippen LogP contribution >= 0.6 is 15.9 Å². The minimum Gasteiger partial charge on any atom is -0.0883 e. The van der Waals surface area contributed by atoms with Gasteiger partial charge in [0.1, 0.15) is 0 Å². The maximum absolute atomic E-state index is 3.43. The fourth-order valence-electron chi connectivity index (χ4n) is 0.976. The quantitative estimate of drug-likeness (QED) is 0.499. The van der Waals surface area contributed by atoms with Crippen LogP contribution in [0.25, 0.3) is 0 Å². The van der Waals surface area contributed by atoms with E-state index in [0.717, 1.165) is 11.8 Å². The molecule has 0 heterocycles. The number of halogens is 1. The molecule has 12 heavy (non-hydrogen) atoms. The van der Waals surface area contributed by atoms with E-state index >= 15 is 0 Å². The van der Waals surface area contributed by atoms with E-state index in [9.17, 15) is 0 Å². The summed E-state index contributed by atoms with van der Waals surface area (Å²) in [7, 11) is 0. The second-order valence-electron chi connectivity index (χ2n) is 3.57. The summed E-state index contributed by atoms with van der Waals surface area (Å²) in [6.07, 6.45) is 5.66. The van der Waals surface area contributed by atoms with Crippen molar-refractivity contribution in [1.29, 1.82) is 0 Å². The minimum absolute atomic E-state index is 0.665. The lowest BCUT2D eigenvalue weighted by Crippen LogP contribution is -1.93. The average molecular weight is 231 g/mol. The third-order valence-electron chi connectivity index (χ3n) is 1.83. The van der Waals surface area contributed by atoms with Crippen molar-refractivity contribution >= 4 is 15.9 Å². The second-order valence-corrected chi connectivity index (χ2v) is 4.22. The van der Waals surface area contributed by atoms with Gasteiger partial charge in [-0.05, 0) is 26.2 Å². The Hall–Kier alpha value is -0.0400. The highest BCUT2D eigenvalue weighted by atomic mass is 79.9. The fraction of sp³-hybridized carbons (Fsp3) is 0.636. The molecule has 70 valence electrons. The molecule has 0 aromatic carbocycles. The molecule has 0 unspecified atom stereocenters. The van der Waals surface area contributed by atoms with Gasteiger partial charge in [0.15, 0.2) is 0 Å². The normalized spacial score (nSPS) is 12.0. The molecule has 0 aromatic rings. The fourth-order valence-corrected chi connectivity index (χ4v) is 1.39. The lowest BCUT2D eigenvalue weighted by atomic mass is 9.99. The Labute approximate surface area is 84.9 Å². The molecule has 0 radical (unpaired) electrons. The van der Waals surface area contributed by atoms with E-state index in [1.165, 1.54) is 11.1 Å². The summed E-state index contributed by atoms with van der Waals surface area (Å²) in [6, 6.07) is 0. The lowest BCUT2D eigenvalue weighted by Gasteiger charge is -2.08. The summed E-state index contributed by atoms with van der Waals surface area (Å²) in [5.41, 5.74) is 2.92. The van der Waals surface area contributed by atoms with Crippen molar-refractivity contribution < 1.29 is 0 Å². The largest absolute Gasteiger partial charge is 0.0883 e. The zero-order valence-corrected chi connectivity index (χ0v) is 10.1. The summed E-state index contributed by atoms with van der Waals surface area (Å²) in [6.45, 7) is 8.78. The predicted molar refractivity (Wildman–Crippen MR) is 60.8 cm³/mol. The van der Waals surface area contributed by atoms with E-state index in [2.05, 4.69) is 55.8 Å². The smallest absolute Gasteiger partial charge is 0.0214 e. The van der Waals surface area contributed by atoms with Gasteiger partial charge in [0.05, 0.1) is 0 Å². The number of hydrogen-bond acceptors (Lipinski definition) is 0. The van der Waals surface area contributed by atoms with Gasteiger partial charge in [0.2, 0.25) is 0 Å². The summed E-state index contributed by atoms with van der Waals surface area (Å²) in [5, 5.41) is 0.969. The van der Waals surface area contributed by atoms with E-state index in [-0.39, 0.29) is 0 Å². The highest BCUT2D eigenvalue weighted by molar-refractivity contribution is 9.09. The average Bonchev–Trinajstić information content (AvgIpc) is 1.96. The highest BCUT2D eigenvalue weighted by Gasteiger charge is 1.99. The molecule has 0 spiro atoms. The number of allylic oxidation sites excluding steroid dienone is 4. The van der Waals surface area contributed by atoms with Gasteiger partial charge >= 0.3 is 0 Å². The molecule has 0 aliphatic rings. The molecule has 0 saturated heterocycles. The topological polar surface area (TPSA) is 0 Å².